The number of unbranched alkanes of at least 4 members (excludes halogenated alkanes) is 1. The number of benzene rings is 4. The maximum Gasteiger partial charge on any atom is 0.255 e. The molecule has 4 aromatic rings. The predicted octanol–water partition coefficient (Wildman–Crippen LogP) is 8.03. The first kappa shape index (κ1) is 31.8. The molecular weight excluding hydrogens is 558 g/mol. The van der Waals surface area contributed by atoms with Gasteiger partial charge < -0.3 is 20.7 Å². The van der Waals surface area contributed by atoms with Crippen molar-refractivity contribution in [1.29, 1.82) is 0 Å². The first-order valence-electron chi connectivity index (χ1n) is 14.8. The molecular formula is C36H40ClN3O3. The van der Waals surface area contributed by atoms with Crippen molar-refractivity contribution in [1.82, 2.24) is 10.6 Å². The van der Waals surface area contributed by atoms with Gasteiger partial charge in [0.15, 0.2) is 0 Å². The van der Waals surface area contributed by atoms with Crippen molar-refractivity contribution in [3.8, 4) is 5.75 Å². The Kier molecular flexibility index (Phi) is 12.2. The molecule has 0 bridgehead atoms. The smallest absolute Gasteiger partial charge is 0.255 e. The molecule has 43 heavy (non-hydrogen) atoms. The second-order valence-corrected chi connectivity index (χ2v) is 10.9. The van der Waals surface area contributed by atoms with Gasteiger partial charge in [0.25, 0.3) is 11.8 Å². The lowest BCUT2D eigenvalue weighted by molar-refractivity contribution is 0.0952. The van der Waals surface area contributed by atoms with Crippen LogP contribution in [0.5, 0.6) is 5.75 Å². The van der Waals surface area contributed by atoms with Gasteiger partial charge in [0, 0.05) is 34.4 Å². The van der Waals surface area contributed by atoms with E-state index in [0.29, 0.717) is 34.3 Å². The lowest BCUT2D eigenvalue weighted by Crippen LogP contribution is -2.27. The Hall–Kier alpha value is -4.13. The summed E-state index contributed by atoms with van der Waals surface area (Å²) in [5.74, 6) is 0.940. The molecule has 0 aliphatic heterocycles. The number of hydrogen-bond acceptors (Lipinski definition) is 4. The Morgan fingerprint density at radius 1 is 0.767 bits per heavy atom. The third-order valence-corrected chi connectivity index (χ3v) is 7.84. The van der Waals surface area contributed by atoms with Crippen LogP contribution in [0.4, 0.5) is 5.69 Å². The van der Waals surface area contributed by atoms with Crippen LogP contribution in [0.25, 0.3) is 0 Å². The Bertz CT molecular complexity index is 1440. The van der Waals surface area contributed by atoms with E-state index in [1.165, 1.54) is 11.1 Å². The first-order chi connectivity index (χ1) is 21.0. The minimum absolute atomic E-state index is 0.131. The molecule has 2 amide bonds. The van der Waals surface area contributed by atoms with Crippen LogP contribution >= 0.6 is 11.6 Å². The van der Waals surface area contributed by atoms with E-state index in [9.17, 15) is 9.59 Å². The quantitative estimate of drug-likeness (QED) is 0.121. The summed E-state index contributed by atoms with van der Waals surface area (Å²) in [6.07, 6.45) is 3.78. The summed E-state index contributed by atoms with van der Waals surface area (Å²) in [5, 5.41) is 10.2. The van der Waals surface area contributed by atoms with E-state index in [-0.39, 0.29) is 17.9 Å². The summed E-state index contributed by atoms with van der Waals surface area (Å²) < 4.78 is 5.66. The zero-order valence-corrected chi connectivity index (χ0v) is 25.6. The van der Waals surface area contributed by atoms with Gasteiger partial charge >= 0.3 is 0 Å². The second kappa shape index (κ2) is 16.5. The van der Waals surface area contributed by atoms with Crippen molar-refractivity contribution in [3.05, 3.63) is 130 Å². The molecule has 4 rings (SSSR count). The highest BCUT2D eigenvalue weighted by Crippen LogP contribution is 2.35. The number of anilines is 1. The van der Waals surface area contributed by atoms with E-state index >= 15 is 0 Å². The van der Waals surface area contributed by atoms with E-state index in [1.54, 1.807) is 55.6 Å². The molecule has 0 aliphatic carbocycles. The second-order valence-electron chi connectivity index (χ2n) is 10.5. The van der Waals surface area contributed by atoms with Crippen molar-refractivity contribution in [2.75, 3.05) is 25.5 Å². The highest BCUT2D eigenvalue weighted by molar-refractivity contribution is 6.30. The Labute approximate surface area is 259 Å². The van der Waals surface area contributed by atoms with Crippen LogP contribution < -0.4 is 20.7 Å². The number of carbonyl (C=O) groups excluding carboxylic acids is 2. The third kappa shape index (κ3) is 9.43. The van der Waals surface area contributed by atoms with Gasteiger partial charge in [-0.05, 0) is 104 Å². The van der Waals surface area contributed by atoms with Gasteiger partial charge in [0.05, 0.1) is 7.11 Å². The van der Waals surface area contributed by atoms with Gasteiger partial charge in [-0.2, -0.15) is 0 Å². The molecule has 0 heterocycles. The van der Waals surface area contributed by atoms with Crippen LogP contribution in [-0.2, 0) is 0 Å². The first-order valence-corrected chi connectivity index (χ1v) is 15.2. The summed E-state index contributed by atoms with van der Waals surface area (Å²) >= 11 is 5.89. The topological polar surface area (TPSA) is 79.5 Å². The molecule has 224 valence electrons. The number of halogens is 1. The molecule has 6 nitrogen and oxygen atoms in total. The fourth-order valence-corrected chi connectivity index (χ4v) is 5.29. The summed E-state index contributed by atoms with van der Waals surface area (Å²) in [6, 6.07) is 32.7. The van der Waals surface area contributed by atoms with Crippen molar-refractivity contribution in [2.45, 2.75) is 44.6 Å². The largest absolute Gasteiger partial charge is 0.496 e. The molecule has 2 unspecified atom stereocenters. The fraction of sp³-hybridized carbons (Fsp3) is 0.278. The number of carbonyl (C=O) groups is 2. The molecule has 0 aliphatic rings. The molecule has 4 aromatic carbocycles. The number of nitrogens with one attached hydrogen (secondary N) is 3. The molecule has 0 fully saturated rings. The monoisotopic (exact) mass is 597 g/mol. The fourth-order valence-electron chi connectivity index (χ4n) is 5.16. The van der Waals surface area contributed by atoms with Crippen LogP contribution in [0.3, 0.4) is 0 Å². The van der Waals surface area contributed by atoms with Crippen molar-refractivity contribution < 1.29 is 14.3 Å². The third-order valence-electron chi connectivity index (χ3n) is 7.58. The number of ether oxygens (including phenoxy) is 1. The maximum atomic E-state index is 12.7. The van der Waals surface area contributed by atoms with E-state index in [2.05, 4.69) is 59.3 Å². The lowest BCUT2D eigenvalue weighted by atomic mass is 9.87. The number of methoxy groups -OCH3 is 1. The van der Waals surface area contributed by atoms with Crippen LogP contribution in [0.1, 0.15) is 76.4 Å². The van der Waals surface area contributed by atoms with E-state index in [4.69, 9.17) is 16.3 Å². The lowest BCUT2D eigenvalue weighted by Gasteiger charge is -2.26. The Morgan fingerprint density at radius 3 is 2.09 bits per heavy atom. The Balaban J connectivity index is 1.23. The van der Waals surface area contributed by atoms with E-state index < -0.39 is 0 Å². The molecule has 7 heteroatoms. The minimum atomic E-state index is -0.234. The zero-order chi connectivity index (χ0) is 30.4. The van der Waals surface area contributed by atoms with Crippen LogP contribution in [0.2, 0.25) is 5.02 Å². The highest BCUT2D eigenvalue weighted by atomic mass is 35.5. The van der Waals surface area contributed by atoms with Gasteiger partial charge in [0.2, 0.25) is 0 Å². The van der Waals surface area contributed by atoms with Crippen LogP contribution in [-0.4, -0.2) is 32.0 Å². The van der Waals surface area contributed by atoms with E-state index in [1.807, 2.05) is 18.2 Å². The van der Waals surface area contributed by atoms with E-state index in [0.717, 1.165) is 38.0 Å². The molecule has 0 saturated carbocycles. The van der Waals surface area contributed by atoms with Gasteiger partial charge in [-0.3, -0.25) is 9.59 Å². The minimum Gasteiger partial charge on any atom is -0.496 e. The Morgan fingerprint density at radius 2 is 1.40 bits per heavy atom. The van der Waals surface area contributed by atoms with Crippen molar-refractivity contribution in [2.24, 2.45) is 0 Å². The van der Waals surface area contributed by atoms with Gasteiger partial charge in [-0.1, -0.05) is 67.1 Å². The molecule has 0 spiro atoms. The van der Waals surface area contributed by atoms with Crippen LogP contribution in [0.15, 0.2) is 103 Å². The molecule has 0 aromatic heterocycles. The van der Waals surface area contributed by atoms with Gasteiger partial charge in [-0.15, -0.1) is 0 Å². The molecule has 3 N–H and O–H groups in total. The SMILES string of the molecule is CCC(CC(NCCCCNC(=O)c1ccc(NC(=O)c2ccc(Cl)cc2)cc1)c1ccccc1)c1ccccc1OC. The van der Waals surface area contributed by atoms with Crippen molar-refractivity contribution in [3.63, 3.8) is 0 Å². The summed E-state index contributed by atoms with van der Waals surface area (Å²) in [5.41, 5.74) is 4.20. The van der Waals surface area contributed by atoms with Gasteiger partial charge in [-0.25, -0.2) is 0 Å². The standard InChI is InChI=1S/C36H40ClN3O3/c1-3-26(32-13-7-8-14-34(32)43-2)25-33(27-11-5-4-6-12-27)38-23-9-10-24-39-35(41)28-17-21-31(22-18-28)40-36(42)29-15-19-30(37)20-16-29/h4-8,11-22,26,33,38H,3,9-10,23-25H2,1-2H3,(H,39,41)(H,40,42). The number of para-hydroxylation sites is 1. The average Bonchev–Trinajstić information content (AvgIpc) is 3.05. The summed E-state index contributed by atoms with van der Waals surface area (Å²) in [7, 11) is 1.73. The number of hydrogen-bond donors (Lipinski definition) is 3. The number of rotatable bonds is 15. The average molecular weight is 598 g/mol. The number of amides is 2. The normalized spacial score (nSPS) is 12.3. The predicted molar refractivity (Wildman–Crippen MR) is 175 cm³/mol. The highest BCUT2D eigenvalue weighted by Gasteiger charge is 2.20. The zero-order valence-electron chi connectivity index (χ0n) is 24.8. The van der Waals surface area contributed by atoms with Crippen molar-refractivity contribution >= 4 is 29.1 Å². The van der Waals surface area contributed by atoms with Crippen LogP contribution in [0, 0.1) is 0 Å². The van der Waals surface area contributed by atoms with Gasteiger partial charge in [0.1, 0.15) is 5.75 Å². The maximum absolute atomic E-state index is 12.7. The molecule has 0 saturated heterocycles. The molecule has 2 atom stereocenters. The summed E-state index contributed by atoms with van der Waals surface area (Å²) in [4.78, 5) is 25.1. The molecule has 0 radical (unpaired) electrons. The summed E-state index contributed by atoms with van der Waals surface area (Å²) in [6.45, 7) is 3.66.